The predicted octanol–water partition coefficient (Wildman–Crippen LogP) is 5.17. The molecule has 1 saturated carbocycles. The summed E-state index contributed by atoms with van der Waals surface area (Å²) >= 11 is 2.14. The molecule has 0 aromatic heterocycles. The van der Waals surface area contributed by atoms with Crippen molar-refractivity contribution in [2.75, 3.05) is 11.5 Å². The SMILES string of the molecule is CC(C)CSCC[C@H]1CCc2cc(C3CCC(N)C3)ccc2C1. The Morgan fingerprint density at radius 3 is 2.78 bits per heavy atom. The summed E-state index contributed by atoms with van der Waals surface area (Å²) in [6.45, 7) is 4.64. The van der Waals surface area contributed by atoms with Gasteiger partial charge in [-0.25, -0.2) is 0 Å². The summed E-state index contributed by atoms with van der Waals surface area (Å²) in [5, 5.41) is 0. The third-order valence-electron chi connectivity index (χ3n) is 5.63. The summed E-state index contributed by atoms with van der Waals surface area (Å²) in [5.41, 5.74) is 10.9. The zero-order chi connectivity index (χ0) is 16.2. The second-order valence-electron chi connectivity index (χ2n) is 8.16. The van der Waals surface area contributed by atoms with Crippen LogP contribution in [-0.4, -0.2) is 17.5 Å². The van der Waals surface area contributed by atoms with Gasteiger partial charge in [-0.05, 0) is 90.9 Å². The molecule has 1 aromatic carbocycles. The van der Waals surface area contributed by atoms with E-state index >= 15 is 0 Å². The van der Waals surface area contributed by atoms with Gasteiger partial charge in [-0.1, -0.05) is 32.0 Å². The van der Waals surface area contributed by atoms with Crippen molar-refractivity contribution >= 4 is 11.8 Å². The van der Waals surface area contributed by atoms with Crippen LogP contribution < -0.4 is 5.73 Å². The van der Waals surface area contributed by atoms with E-state index in [1.165, 1.54) is 56.5 Å². The number of fused-ring (bicyclic) bond motifs is 1. The topological polar surface area (TPSA) is 26.0 Å². The Morgan fingerprint density at radius 2 is 2.04 bits per heavy atom. The Bertz CT molecular complexity index is 511. The van der Waals surface area contributed by atoms with E-state index in [1.807, 2.05) is 0 Å². The van der Waals surface area contributed by atoms with E-state index < -0.39 is 0 Å². The standard InChI is InChI=1S/C21H33NS/c1-15(2)14-23-10-9-16-3-4-18-12-19(6-5-17(18)11-16)20-7-8-21(22)13-20/h5-6,12,15-16,20-21H,3-4,7-11,13-14,22H2,1-2H3/t16-,20?,21?/m1/s1. The first kappa shape index (κ1) is 17.4. The van der Waals surface area contributed by atoms with Gasteiger partial charge in [0.2, 0.25) is 0 Å². The van der Waals surface area contributed by atoms with Crippen LogP contribution in [0.1, 0.15) is 68.6 Å². The zero-order valence-corrected chi connectivity index (χ0v) is 15.7. The van der Waals surface area contributed by atoms with Crippen LogP contribution in [0.5, 0.6) is 0 Å². The van der Waals surface area contributed by atoms with Crippen molar-refractivity contribution in [1.29, 1.82) is 0 Å². The molecule has 1 aromatic rings. The summed E-state index contributed by atoms with van der Waals surface area (Å²) in [6, 6.07) is 7.78. The van der Waals surface area contributed by atoms with E-state index in [1.54, 1.807) is 16.7 Å². The van der Waals surface area contributed by atoms with Crippen LogP contribution >= 0.6 is 11.8 Å². The molecule has 2 unspecified atom stereocenters. The fourth-order valence-corrected chi connectivity index (χ4v) is 5.38. The summed E-state index contributed by atoms with van der Waals surface area (Å²) in [5.74, 6) is 5.12. The van der Waals surface area contributed by atoms with E-state index in [0.29, 0.717) is 6.04 Å². The largest absolute Gasteiger partial charge is 0.328 e. The smallest absolute Gasteiger partial charge is 0.00448 e. The highest BCUT2D eigenvalue weighted by Crippen LogP contribution is 2.36. The molecule has 3 rings (SSSR count). The first-order valence-corrected chi connectivity index (χ1v) is 10.7. The molecule has 1 fully saturated rings. The lowest BCUT2D eigenvalue weighted by Crippen LogP contribution is -2.16. The van der Waals surface area contributed by atoms with Gasteiger partial charge in [-0.2, -0.15) is 11.8 Å². The molecule has 0 amide bonds. The first-order chi connectivity index (χ1) is 11.1. The van der Waals surface area contributed by atoms with E-state index in [-0.39, 0.29) is 0 Å². The Morgan fingerprint density at radius 1 is 1.17 bits per heavy atom. The molecule has 23 heavy (non-hydrogen) atoms. The van der Waals surface area contributed by atoms with Crippen LogP contribution in [0.3, 0.4) is 0 Å². The molecule has 2 aliphatic rings. The average molecular weight is 332 g/mol. The number of thioether (sulfide) groups is 1. The lowest BCUT2D eigenvalue weighted by molar-refractivity contribution is 0.447. The Hall–Kier alpha value is -0.470. The van der Waals surface area contributed by atoms with Crippen LogP contribution in [0.25, 0.3) is 0 Å². The van der Waals surface area contributed by atoms with Crippen LogP contribution in [-0.2, 0) is 12.8 Å². The minimum absolute atomic E-state index is 0.434. The highest BCUT2D eigenvalue weighted by molar-refractivity contribution is 7.99. The maximum absolute atomic E-state index is 6.09. The lowest BCUT2D eigenvalue weighted by atomic mass is 9.81. The molecule has 2 heteroatoms. The number of hydrogen-bond acceptors (Lipinski definition) is 2. The molecule has 128 valence electrons. The summed E-state index contributed by atoms with van der Waals surface area (Å²) in [6.07, 6.45) is 9.07. The zero-order valence-electron chi connectivity index (χ0n) is 14.9. The van der Waals surface area contributed by atoms with Gasteiger partial charge in [0, 0.05) is 6.04 Å². The minimum atomic E-state index is 0.434. The second-order valence-corrected chi connectivity index (χ2v) is 9.31. The second kappa shape index (κ2) is 8.07. The van der Waals surface area contributed by atoms with Gasteiger partial charge in [0.25, 0.3) is 0 Å². The Balaban J connectivity index is 1.53. The van der Waals surface area contributed by atoms with Gasteiger partial charge in [0.15, 0.2) is 0 Å². The Kier molecular flexibility index (Phi) is 6.09. The lowest BCUT2D eigenvalue weighted by Gasteiger charge is -2.26. The van der Waals surface area contributed by atoms with E-state index in [4.69, 9.17) is 5.73 Å². The van der Waals surface area contributed by atoms with Crippen LogP contribution in [0.2, 0.25) is 0 Å². The van der Waals surface area contributed by atoms with Gasteiger partial charge in [-0.15, -0.1) is 0 Å². The molecule has 1 nitrogen and oxygen atoms in total. The fourth-order valence-electron chi connectivity index (χ4n) is 4.24. The van der Waals surface area contributed by atoms with Gasteiger partial charge >= 0.3 is 0 Å². The molecule has 0 saturated heterocycles. The quantitative estimate of drug-likeness (QED) is 0.728. The van der Waals surface area contributed by atoms with Gasteiger partial charge < -0.3 is 5.73 Å². The third-order valence-corrected chi connectivity index (χ3v) is 7.05. The molecular formula is C21H33NS. The average Bonchev–Trinajstić information content (AvgIpc) is 2.97. The summed E-state index contributed by atoms with van der Waals surface area (Å²) in [4.78, 5) is 0. The normalized spacial score (nSPS) is 27.4. The molecule has 2 N–H and O–H groups in total. The van der Waals surface area contributed by atoms with E-state index in [9.17, 15) is 0 Å². The van der Waals surface area contributed by atoms with Gasteiger partial charge in [-0.3, -0.25) is 0 Å². The van der Waals surface area contributed by atoms with Crippen molar-refractivity contribution < 1.29 is 0 Å². The van der Waals surface area contributed by atoms with Crippen LogP contribution in [0, 0.1) is 11.8 Å². The van der Waals surface area contributed by atoms with E-state index in [2.05, 4.69) is 43.8 Å². The molecule has 0 radical (unpaired) electrons. The van der Waals surface area contributed by atoms with E-state index in [0.717, 1.165) is 17.8 Å². The van der Waals surface area contributed by atoms with Gasteiger partial charge in [0.05, 0.1) is 0 Å². The van der Waals surface area contributed by atoms with Crippen molar-refractivity contribution in [3.05, 3.63) is 34.9 Å². The maximum Gasteiger partial charge on any atom is 0.00448 e. The summed E-state index contributed by atoms with van der Waals surface area (Å²) < 4.78 is 0. The van der Waals surface area contributed by atoms with Gasteiger partial charge in [0.1, 0.15) is 0 Å². The highest BCUT2D eigenvalue weighted by Gasteiger charge is 2.25. The van der Waals surface area contributed by atoms with Crippen molar-refractivity contribution in [1.82, 2.24) is 0 Å². The number of benzene rings is 1. The number of aryl methyl sites for hydroxylation is 1. The molecule has 3 atom stereocenters. The first-order valence-electron chi connectivity index (χ1n) is 9.57. The molecular weight excluding hydrogens is 298 g/mol. The van der Waals surface area contributed by atoms with Crippen molar-refractivity contribution in [3.8, 4) is 0 Å². The molecule has 0 aliphatic heterocycles. The third kappa shape index (κ3) is 4.76. The Labute approximate surface area is 146 Å². The highest BCUT2D eigenvalue weighted by atomic mass is 32.2. The molecule has 2 aliphatic carbocycles. The predicted molar refractivity (Wildman–Crippen MR) is 103 cm³/mol. The van der Waals surface area contributed by atoms with Crippen molar-refractivity contribution in [2.45, 2.75) is 70.8 Å². The van der Waals surface area contributed by atoms with Crippen molar-refractivity contribution in [2.24, 2.45) is 17.6 Å². The molecule has 0 heterocycles. The maximum atomic E-state index is 6.09. The van der Waals surface area contributed by atoms with Crippen molar-refractivity contribution in [3.63, 3.8) is 0 Å². The monoisotopic (exact) mass is 331 g/mol. The minimum Gasteiger partial charge on any atom is -0.328 e. The summed E-state index contributed by atoms with van der Waals surface area (Å²) in [7, 11) is 0. The number of hydrogen-bond donors (Lipinski definition) is 1. The fraction of sp³-hybridized carbons (Fsp3) is 0.714. The number of rotatable bonds is 6. The molecule has 0 bridgehead atoms. The van der Waals surface area contributed by atoms with Crippen LogP contribution in [0.15, 0.2) is 18.2 Å². The number of nitrogens with two attached hydrogens (primary N) is 1. The van der Waals surface area contributed by atoms with Crippen LogP contribution in [0.4, 0.5) is 0 Å². The molecule has 0 spiro atoms.